The highest BCUT2D eigenvalue weighted by molar-refractivity contribution is 5.94. The molecule has 0 aromatic heterocycles. The van der Waals surface area contributed by atoms with Crippen molar-refractivity contribution >= 4 is 11.8 Å². The SMILES string of the molecule is CC(=O)NCc1ccc(C(=O)NCC(C)CO)cc1. The summed E-state index contributed by atoms with van der Waals surface area (Å²) >= 11 is 0. The van der Waals surface area contributed by atoms with E-state index in [1.165, 1.54) is 6.92 Å². The maximum atomic E-state index is 11.8. The van der Waals surface area contributed by atoms with Crippen molar-refractivity contribution in [2.24, 2.45) is 5.92 Å². The van der Waals surface area contributed by atoms with Crippen molar-refractivity contribution in [2.75, 3.05) is 13.2 Å². The normalized spacial score (nSPS) is 11.7. The van der Waals surface area contributed by atoms with Crippen LogP contribution in [0.25, 0.3) is 0 Å². The van der Waals surface area contributed by atoms with Gasteiger partial charge in [-0.1, -0.05) is 19.1 Å². The van der Waals surface area contributed by atoms with E-state index in [0.717, 1.165) is 5.56 Å². The van der Waals surface area contributed by atoms with Crippen molar-refractivity contribution in [3.63, 3.8) is 0 Å². The van der Waals surface area contributed by atoms with Gasteiger partial charge < -0.3 is 15.7 Å². The Labute approximate surface area is 113 Å². The highest BCUT2D eigenvalue weighted by Crippen LogP contribution is 2.04. The molecule has 0 aliphatic heterocycles. The predicted octanol–water partition coefficient (Wildman–Crippen LogP) is 0.681. The highest BCUT2D eigenvalue weighted by atomic mass is 16.3. The molecule has 5 heteroatoms. The van der Waals surface area contributed by atoms with Gasteiger partial charge >= 0.3 is 0 Å². The van der Waals surface area contributed by atoms with Gasteiger partial charge in [-0.15, -0.1) is 0 Å². The molecule has 0 heterocycles. The first kappa shape index (κ1) is 15.2. The van der Waals surface area contributed by atoms with E-state index in [4.69, 9.17) is 5.11 Å². The number of rotatable bonds is 6. The number of nitrogens with one attached hydrogen (secondary N) is 2. The van der Waals surface area contributed by atoms with Crippen LogP contribution in [0.2, 0.25) is 0 Å². The first-order valence-corrected chi connectivity index (χ1v) is 6.25. The quantitative estimate of drug-likeness (QED) is 0.707. The van der Waals surface area contributed by atoms with Crippen LogP contribution >= 0.6 is 0 Å². The van der Waals surface area contributed by atoms with Crippen molar-refractivity contribution in [2.45, 2.75) is 20.4 Å². The molecule has 1 aromatic rings. The van der Waals surface area contributed by atoms with Crippen LogP contribution in [0, 0.1) is 5.92 Å². The van der Waals surface area contributed by atoms with E-state index >= 15 is 0 Å². The number of amides is 2. The molecule has 0 fully saturated rings. The molecule has 0 bridgehead atoms. The topological polar surface area (TPSA) is 78.4 Å². The second kappa shape index (κ2) is 7.53. The molecule has 0 saturated carbocycles. The number of carbonyl (C=O) groups is 2. The third-order valence-corrected chi connectivity index (χ3v) is 2.68. The third kappa shape index (κ3) is 5.52. The van der Waals surface area contributed by atoms with Gasteiger partial charge in [-0.25, -0.2) is 0 Å². The lowest BCUT2D eigenvalue weighted by atomic mass is 10.1. The van der Waals surface area contributed by atoms with Crippen LogP contribution < -0.4 is 10.6 Å². The number of benzene rings is 1. The molecule has 1 atom stereocenters. The molecule has 1 unspecified atom stereocenters. The summed E-state index contributed by atoms with van der Waals surface area (Å²) in [5, 5.41) is 14.3. The van der Waals surface area contributed by atoms with Gasteiger partial charge in [-0.3, -0.25) is 9.59 Å². The molecule has 1 rings (SSSR count). The first-order valence-electron chi connectivity index (χ1n) is 6.25. The van der Waals surface area contributed by atoms with Crippen LogP contribution in [0.15, 0.2) is 24.3 Å². The molecular formula is C14H20N2O3. The van der Waals surface area contributed by atoms with Gasteiger partial charge in [0.15, 0.2) is 0 Å². The van der Waals surface area contributed by atoms with Crippen LogP contribution in [-0.2, 0) is 11.3 Å². The first-order chi connectivity index (χ1) is 9.02. The fraction of sp³-hybridized carbons (Fsp3) is 0.429. The largest absolute Gasteiger partial charge is 0.396 e. The molecule has 0 aliphatic rings. The fourth-order valence-corrected chi connectivity index (χ4v) is 1.43. The Morgan fingerprint density at radius 3 is 2.37 bits per heavy atom. The van der Waals surface area contributed by atoms with Gasteiger partial charge in [0.2, 0.25) is 5.91 Å². The van der Waals surface area contributed by atoms with Crippen molar-refractivity contribution in [3.8, 4) is 0 Å². The Morgan fingerprint density at radius 2 is 1.84 bits per heavy atom. The zero-order valence-corrected chi connectivity index (χ0v) is 11.3. The summed E-state index contributed by atoms with van der Waals surface area (Å²) < 4.78 is 0. The summed E-state index contributed by atoms with van der Waals surface area (Å²) in [6, 6.07) is 7.05. The van der Waals surface area contributed by atoms with Crippen molar-refractivity contribution in [1.29, 1.82) is 0 Å². The summed E-state index contributed by atoms with van der Waals surface area (Å²) in [4.78, 5) is 22.6. The van der Waals surface area contributed by atoms with Gasteiger partial charge in [0.25, 0.3) is 5.91 Å². The maximum absolute atomic E-state index is 11.8. The number of aliphatic hydroxyl groups is 1. The van der Waals surface area contributed by atoms with E-state index in [-0.39, 0.29) is 24.3 Å². The van der Waals surface area contributed by atoms with Gasteiger partial charge in [0.1, 0.15) is 0 Å². The molecule has 0 aliphatic carbocycles. The molecule has 104 valence electrons. The van der Waals surface area contributed by atoms with Crippen LogP contribution in [0.1, 0.15) is 29.8 Å². The van der Waals surface area contributed by atoms with Crippen molar-refractivity contribution < 1.29 is 14.7 Å². The number of hydrogen-bond acceptors (Lipinski definition) is 3. The lowest BCUT2D eigenvalue weighted by Gasteiger charge is -2.10. The Kier molecular flexibility index (Phi) is 6.02. The summed E-state index contributed by atoms with van der Waals surface area (Å²) in [6.45, 7) is 4.28. The highest BCUT2D eigenvalue weighted by Gasteiger charge is 2.07. The number of hydrogen-bond donors (Lipinski definition) is 3. The summed E-state index contributed by atoms with van der Waals surface area (Å²) in [7, 11) is 0. The van der Waals surface area contributed by atoms with Gasteiger partial charge in [-0.2, -0.15) is 0 Å². The van der Waals surface area contributed by atoms with E-state index in [1.54, 1.807) is 24.3 Å². The Balaban J connectivity index is 2.50. The van der Waals surface area contributed by atoms with E-state index in [2.05, 4.69) is 10.6 Å². The Hall–Kier alpha value is -1.88. The van der Waals surface area contributed by atoms with E-state index in [9.17, 15) is 9.59 Å². The molecule has 0 spiro atoms. The van der Waals surface area contributed by atoms with Crippen LogP contribution in [0.4, 0.5) is 0 Å². The predicted molar refractivity (Wildman–Crippen MR) is 72.5 cm³/mol. The molecule has 19 heavy (non-hydrogen) atoms. The second-order valence-electron chi connectivity index (χ2n) is 4.60. The lowest BCUT2D eigenvalue weighted by molar-refractivity contribution is -0.119. The smallest absolute Gasteiger partial charge is 0.251 e. The number of carbonyl (C=O) groups excluding carboxylic acids is 2. The Morgan fingerprint density at radius 1 is 1.21 bits per heavy atom. The van der Waals surface area contributed by atoms with Crippen molar-refractivity contribution in [1.82, 2.24) is 10.6 Å². The maximum Gasteiger partial charge on any atom is 0.251 e. The minimum absolute atomic E-state index is 0.0444. The van der Waals surface area contributed by atoms with Gasteiger partial charge in [-0.05, 0) is 23.6 Å². The van der Waals surface area contributed by atoms with Gasteiger partial charge in [0.05, 0.1) is 0 Å². The Bertz CT molecular complexity index is 429. The summed E-state index contributed by atoms with van der Waals surface area (Å²) in [6.07, 6.45) is 0. The molecule has 0 radical (unpaired) electrons. The molecule has 5 nitrogen and oxygen atoms in total. The standard InChI is InChI=1S/C14H20N2O3/c1-10(9-17)7-16-14(19)13-5-3-12(4-6-13)8-15-11(2)18/h3-6,10,17H,7-9H2,1-2H3,(H,15,18)(H,16,19). The van der Waals surface area contributed by atoms with Crippen LogP contribution in [0.5, 0.6) is 0 Å². The molecule has 3 N–H and O–H groups in total. The van der Waals surface area contributed by atoms with Crippen LogP contribution in [0.3, 0.4) is 0 Å². The molecular weight excluding hydrogens is 244 g/mol. The minimum Gasteiger partial charge on any atom is -0.396 e. The average molecular weight is 264 g/mol. The minimum atomic E-state index is -0.161. The second-order valence-corrected chi connectivity index (χ2v) is 4.60. The molecule has 0 saturated heterocycles. The van der Waals surface area contributed by atoms with E-state index in [0.29, 0.717) is 18.7 Å². The zero-order valence-electron chi connectivity index (χ0n) is 11.3. The number of aliphatic hydroxyl groups excluding tert-OH is 1. The summed E-state index contributed by atoms with van der Waals surface area (Å²) in [5.41, 5.74) is 1.51. The lowest BCUT2D eigenvalue weighted by Crippen LogP contribution is -2.29. The average Bonchev–Trinajstić information content (AvgIpc) is 2.42. The monoisotopic (exact) mass is 264 g/mol. The molecule has 1 aromatic carbocycles. The third-order valence-electron chi connectivity index (χ3n) is 2.68. The van der Waals surface area contributed by atoms with Crippen molar-refractivity contribution in [3.05, 3.63) is 35.4 Å². The summed E-state index contributed by atoms with van der Waals surface area (Å²) in [5.74, 6) is -0.200. The van der Waals surface area contributed by atoms with Gasteiger partial charge in [0, 0.05) is 32.2 Å². The van der Waals surface area contributed by atoms with E-state index < -0.39 is 0 Å². The molecule has 2 amide bonds. The fourth-order valence-electron chi connectivity index (χ4n) is 1.43. The zero-order chi connectivity index (χ0) is 14.3. The van der Waals surface area contributed by atoms with Crippen LogP contribution in [-0.4, -0.2) is 30.1 Å². The van der Waals surface area contributed by atoms with E-state index in [1.807, 2.05) is 6.92 Å².